The Morgan fingerprint density at radius 1 is 1.14 bits per heavy atom. The number of thioether (sulfide) groups is 1. The normalized spacial score (nSPS) is 10.2. The van der Waals surface area contributed by atoms with Crippen molar-refractivity contribution in [3.8, 4) is 0 Å². The van der Waals surface area contributed by atoms with Crippen molar-refractivity contribution in [2.24, 2.45) is 0 Å². The molecule has 0 aliphatic heterocycles. The molecule has 2 aromatic rings. The molecule has 0 saturated heterocycles. The number of rotatable bonds is 7. The third-order valence-corrected chi connectivity index (χ3v) is 4.80. The maximum absolute atomic E-state index is 12.6. The number of carbonyl (C=O) groups excluding carboxylic acids is 2. The van der Waals surface area contributed by atoms with E-state index in [0.717, 1.165) is 18.2 Å². The number of carbonyl (C=O) groups is 2. The topological polar surface area (TPSA) is 132 Å². The highest BCUT2D eigenvalue weighted by Crippen LogP contribution is 2.34. The highest BCUT2D eigenvalue weighted by Gasteiger charge is 2.23. The Labute approximate surface area is 167 Å². The van der Waals surface area contributed by atoms with Crippen LogP contribution in [0, 0.1) is 20.2 Å². The van der Waals surface area contributed by atoms with Gasteiger partial charge in [0.15, 0.2) is 0 Å². The van der Waals surface area contributed by atoms with E-state index >= 15 is 0 Å². The number of benzene rings is 2. The Balaban J connectivity index is 2.42. The smallest absolute Gasteiger partial charge is 0.288 e. The van der Waals surface area contributed by atoms with Gasteiger partial charge in [-0.1, -0.05) is 23.7 Å². The lowest BCUT2D eigenvalue weighted by atomic mass is 10.2. The van der Waals surface area contributed by atoms with Gasteiger partial charge < -0.3 is 5.32 Å². The first kappa shape index (κ1) is 21.1. The molecule has 1 amide bonds. The number of nitro benzene ring substituents is 2. The van der Waals surface area contributed by atoms with Crippen LogP contribution in [0.2, 0.25) is 5.02 Å². The number of non-ortho nitro benzene ring substituents is 1. The number of halogens is 1. The molecule has 0 unspecified atom stereocenters. The van der Waals surface area contributed by atoms with E-state index in [0.29, 0.717) is 11.8 Å². The van der Waals surface area contributed by atoms with Crippen molar-refractivity contribution in [3.63, 3.8) is 0 Å². The number of hydrogen-bond acceptors (Lipinski definition) is 7. The first-order valence-corrected chi connectivity index (χ1v) is 8.78. The van der Waals surface area contributed by atoms with E-state index < -0.39 is 26.6 Å². The molecule has 28 heavy (non-hydrogen) atoms. The molecule has 0 spiro atoms. The fourth-order valence-corrected chi connectivity index (χ4v) is 3.35. The van der Waals surface area contributed by atoms with Crippen LogP contribution >= 0.6 is 23.4 Å². The van der Waals surface area contributed by atoms with Crippen LogP contribution in [0.15, 0.2) is 53.9 Å². The van der Waals surface area contributed by atoms with Crippen LogP contribution in [0.3, 0.4) is 0 Å². The van der Waals surface area contributed by atoms with Crippen molar-refractivity contribution in [1.82, 2.24) is 5.32 Å². The molecule has 0 aliphatic rings. The Kier molecular flexibility index (Phi) is 6.85. The van der Waals surface area contributed by atoms with Crippen LogP contribution in [0.4, 0.5) is 11.4 Å². The first-order valence-electron chi connectivity index (χ1n) is 7.59. The molecule has 2 rings (SSSR count). The van der Waals surface area contributed by atoms with Gasteiger partial charge in [-0.2, -0.15) is 0 Å². The Morgan fingerprint density at radius 2 is 1.86 bits per heavy atom. The summed E-state index contributed by atoms with van der Waals surface area (Å²) in [5.74, 6) is -0.635. The zero-order valence-electron chi connectivity index (χ0n) is 14.1. The van der Waals surface area contributed by atoms with E-state index in [4.69, 9.17) is 11.6 Å². The van der Waals surface area contributed by atoms with Gasteiger partial charge in [0, 0.05) is 29.6 Å². The van der Waals surface area contributed by atoms with Crippen LogP contribution in [-0.2, 0) is 0 Å². The minimum absolute atomic E-state index is 0.0871. The molecular formula is C17H12ClN3O6S. The molecule has 2 aromatic carbocycles. The van der Waals surface area contributed by atoms with E-state index in [-0.39, 0.29) is 33.3 Å². The van der Waals surface area contributed by atoms with Crippen molar-refractivity contribution >= 4 is 45.8 Å². The fourth-order valence-electron chi connectivity index (χ4n) is 2.13. The monoisotopic (exact) mass is 421 g/mol. The summed E-state index contributed by atoms with van der Waals surface area (Å²) < 4.78 is 0. The maximum Gasteiger partial charge on any atom is 0.288 e. The number of nitrogens with zero attached hydrogens (tertiary/aromatic N) is 2. The van der Waals surface area contributed by atoms with Gasteiger partial charge >= 0.3 is 0 Å². The predicted molar refractivity (Wildman–Crippen MR) is 104 cm³/mol. The number of hydrogen-bond donors (Lipinski definition) is 1. The number of nitro groups is 2. The molecule has 0 aliphatic carbocycles. The van der Waals surface area contributed by atoms with E-state index in [1.54, 1.807) is 0 Å². The largest absolute Gasteiger partial charge is 0.349 e. The van der Waals surface area contributed by atoms with E-state index in [1.807, 2.05) is 0 Å². The van der Waals surface area contributed by atoms with Gasteiger partial charge in [0.25, 0.3) is 17.3 Å². The van der Waals surface area contributed by atoms with Crippen molar-refractivity contribution in [2.45, 2.75) is 4.90 Å². The lowest BCUT2D eigenvalue weighted by Crippen LogP contribution is -2.24. The third kappa shape index (κ3) is 4.72. The Morgan fingerprint density at radius 3 is 2.46 bits per heavy atom. The van der Waals surface area contributed by atoms with E-state index in [2.05, 4.69) is 11.9 Å². The fraction of sp³-hybridized carbons (Fsp3) is 0.0588. The summed E-state index contributed by atoms with van der Waals surface area (Å²) in [6, 6.07) is 7.23. The highest BCUT2D eigenvalue weighted by atomic mass is 35.5. The second-order valence-electron chi connectivity index (χ2n) is 5.22. The summed E-state index contributed by atoms with van der Waals surface area (Å²) in [6.07, 6.45) is 1.43. The molecule has 0 aromatic heterocycles. The van der Waals surface area contributed by atoms with Gasteiger partial charge in [0.2, 0.25) is 5.12 Å². The first-order chi connectivity index (χ1) is 13.3. The molecular weight excluding hydrogens is 410 g/mol. The molecule has 0 bridgehead atoms. The van der Waals surface area contributed by atoms with Crippen LogP contribution in [0.1, 0.15) is 20.7 Å². The number of nitrogens with one attached hydrogen (secondary N) is 1. The van der Waals surface area contributed by atoms with Gasteiger partial charge in [-0.25, -0.2) is 0 Å². The molecule has 1 N–H and O–H groups in total. The zero-order chi connectivity index (χ0) is 20.8. The minimum Gasteiger partial charge on any atom is -0.349 e. The standard InChI is InChI=1S/C17H12ClN3O6S/c1-2-8-19-16(22)12-9-10(20(24)25)6-7-14(12)28-17(23)11-4-3-5-13(15(11)18)21(26)27/h2-7,9H,1,8H2,(H,19,22). The second-order valence-corrected chi connectivity index (χ2v) is 6.61. The summed E-state index contributed by atoms with van der Waals surface area (Å²) in [4.78, 5) is 45.6. The van der Waals surface area contributed by atoms with Crippen molar-refractivity contribution in [2.75, 3.05) is 6.54 Å². The third-order valence-electron chi connectivity index (χ3n) is 3.42. The van der Waals surface area contributed by atoms with Crippen LogP contribution < -0.4 is 5.32 Å². The van der Waals surface area contributed by atoms with E-state index in [9.17, 15) is 29.8 Å². The molecule has 9 nitrogen and oxygen atoms in total. The summed E-state index contributed by atoms with van der Waals surface area (Å²) in [5, 5.41) is 23.5. The Bertz CT molecular complexity index is 995. The van der Waals surface area contributed by atoms with Crippen LogP contribution in [-0.4, -0.2) is 27.4 Å². The van der Waals surface area contributed by atoms with Crippen LogP contribution in [0.5, 0.6) is 0 Å². The summed E-state index contributed by atoms with van der Waals surface area (Å²) in [5.41, 5.74) is -0.956. The van der Waals surface area contributed by atoms with Crippen LogP contribution in [0.25, 0.3) is 0 Å². The second kappa shape index (κ2) is 9.11. The van der Waals surface area contributed by atoms with Gasteiger partial charge in [0.05, 0.1) is 21.0 Å². The zero-order valence-corrected chi connectivity index (χ0v) is 15.7. The highest BCUT2D eigenvalue weighted by molar-refractivity contribution is 8.14. The number of amides is 1. The molecule has 0 atom stereocenters. The SMILES string of the molecule is C=CCNC(=O)c1cc([N+](=O)[O-])ccc1SC(=O)c1cccc([N+](=O)[O-])c1Cl. The lowest BCUT2D eigenvalue weighted by molar-refractivity contribution is -0.385. The van der Waals surface area contributed by atoms with Gasteiger partial charge in [-0.15, -0.1) is 6.58 Å². The summed E-state index contributed by atoms with van der Waals surface area (Å²) in [7, 11) is 0. The Hall–Kier alpha value is -3.24. The van der Waals surface area contributed by atoms with Gasteiger partial charge in [0.1, 0.15) is 5.02 Å². The summed E-state index contributed by atoms with van der Waals surface area (Å²) >= 11 is 6.53. The predicted octanol–water partition coefficient (Wildman–Crippen LogP) is 4.00. The van der Waals surface area contributed by atoms with Crippen molar-refractivity contribution < 1.29 is 19.4 Å². The molecule has 0 saturated carbocycles. The average Bonchev–Trinajstić information content (AvgIpc) is 2.65. The minimum atomic E-state index is -0.718. The average molecular weight is 422 g/mol. The molecule has 0 fully saturated rings. The molecule has 144 valence electrons. The van der Waals surface area contributed by atoms with Gasteiger partial charge in [-0.3, -0.25) is 29.8 Å². The molecule has 11 heteroatoms. The van der Waals surface area contributed by atoms with Crippen molar-refractivity contribution in [3.05, 3.63) is 85.4 Å². The quantitative estimate of drug-likeness (QED) is 0.309. The molecule has 0 radical (unpaired) electrons. The summed E-state index contributed by atoms with van der Waals surface area (Å²) in [6.45, 7) is 3.58. The lowest BCUT2D eigenvalue weighted by Gasteiger charge is -2.09. The van der Waals surface area contributed by atoms with Crippen molar-refractivity contribution in [1.29, 1.82) is 0 Å². The van der Waals surface area contributed by atoms with E-state index in [1.165, 1.54) is 24.3 Å². The molecule has 0 heterocycles. The van der Waals surface area contributed by atoms with Gasteiger partial charge in [-0.05, 0) is 23.9 Å². The maximum atomic E-state index is 12.6.